The van der Waals surface area contributed by atoms with Crippen LogP contribution in [0.5, 0.6) is 0 Å². The highest BCUT2D eigenvalue weighted by Crippen LogP contribution is 2.22. The minimum Gasteiger partial charge on any atom is -0.325 e. The highest BCUT2D eigenvalue weighted by atomic mass is 16.2. The zero-order chi connectivity index (χ0) is 15.0. The van der Waals surface area contributed by atoms with Crippen LogP contribution < -0.4 is 10.6 Å². The number of anilines is 1. The Morgan fingerprint density at radius 3 is 2.45 bits per heavy atom. The number of amides is 2. The first-order chi connectivity index (χ1) is 9.63. The summed E-state index contributed by atoms with van der Waals surface area (Å²) in [4.78, 5) is 13.9. The maximum Gasteiger partial charge on any atom is 0.321 e. The van der Waals surface area contributed by atoms with E-state index in [1.165, 1.54) is 0 Å². The zero-order valence-electron chi connectivity index (χ0n) is 13.1. The van der Waals surface area contributed by atoms with Crippen LogP contribution in [0.25, 0.3) is 0 Å². The molecule has 0 bridgehead atoms. The number of nitrogens with one attached hydrogen (secondary N) is 2. The van der Waals surface area contributed by atoms with Crippen LogP contribution in [0.1, 0.15) is 45.7 Å². The van der Waals surface area contributed by atoms with E-state index >= 15 is 0 Å². The number of rotatable bonds is 7. The van der Waals surface area contributed by atoms with Crippen molar-refractivity contribution in [2.24, 2.45) is 0 Å². The lowest BCUT2D eigenvalue weighted by atomic mass is 10.1. The van der Waals surface area contributed by atoms with E-state index < -0.39 is 0 Å². The third kappa shape index (κ3) is 4.53. The predicted molar refractivity (Wildman–Crippen MR) is 85.1 cm³/mol. The molecule has 112 valence electrons. The van der Waals surface area contributed by atoms with Gasteiger partial charge in [-0.05, 0) is 45.4 Å². The van der Waals surface area contributed by atoms with Crippen LogP contribution in [0.3, 0.4) is 0 Å². The smallest absolute Gasteiger partial charge is 0.321 e. The Kier molecular flexibility index (Phi) is 7.09. The van der Waals surface area contributed by atoms with Crippen LogP contribution in [-0.2, 0) is 0 Å². The molecule has 1 atom stereocenters. The normalized spacial score (nSPS) is 12.0. The van der Waals surface area contributed by atoms with Crippen molar-refractivity contribution in [1.82, 2.24) is 10.2 Å². The molecule has 1 rings (SSSR count). The first-order valence-corrected chi connectivity index (χ1v) is 7.52. The van der Waals surface area contributed by atoms with E-state index in [1.54, 1.807) is 4.90 Å². The Morgan fingerprint density at radius 1 is 1.20 bits per heavy atom. The molecule has 0 heterocycles. The number of hydrogen-bond donors (Lipinski definition) is 2. The summed E-state index contributed by atoms with van der Waals surface area (Å²) in [5.41, 5.74) is 2.02. The second-order valence-electron chi connectivity index (χ2n) is 4.87. The molecule has 0 aliphatic rings. The Labute approximate surface area is 122 Å². The van der Waals surface area contributed by atoms with Crippen LogP contribution in [-0.4, -0.2) is 30.6 Å². The van der Waals surface area contributed by atoms with Crippen molar-refractivity contribution in [1.29, 1.82) is 0 Å². The van der Waals surface area contributed by atoms with Crippen LogP contribution in [0.15, 0.2) is 24.3 Å². The fourth-order valence-electron chi connectivity index (χ4n) is 2.16. The summed E-state index contributed by atoms with van der Waals surface area (Å²) < 4.78 is 0. The molecule has 0 radical (unpaired) electrons. The van der Waals surface area contributed by atoms with Gasteiger partial charge in [0.25, 0.3) is 0 Å². The van der Waals surface area contributed by atoms with Gasteiger partial charge >= 0.3 is 6.03 Å². The number of carbonyl (C=O) groups excluding carboxylic acids is 1. The van der Waals surface area contributed by atoms with Gasteiger partial charge in [-0.1, -0.05) is 25.1 Å². The summed E-state index contributed by atoms with van der Waals surface area (Å²) in [7, 11) is 0. The Hall–Kier alpha value is -1.55. The van der Waals surface area contributed by atoms with Gasteiger partial charge < -0.3 is 15.5 Å². The fourth-order valence-corrected chi connectivity index (χ4v) is 2.16. The molecule has 1 aromatic carbocycles. The quantitative estimate of drug-likeness (QED) is 0.799. The van der Waals surface area contributed by atoms with Crippen molar-refractivity contribution < 1.29 is 4.79 Å². The number of hydrogen-bond acceptors (Lipinski definition) is 2. The third-order valence-electron chi connectivity index (χ3n) is 3.42. The summed E-state index contributed by atoms with van der Waals surface area (Å²) in [6.45, 7) is 10.6. The molecule has 1 unspecified atom stereocenters. The number of benzene rings is 1. The van der Waals surface area contributed by atoms with Crippen molar-refractivity contribution in [3.05, 3.63) is 29.8 Å². The van der Waals surface area contributed by atoms with Crippen molar-refractivity contribution in [2.75, 3.05) is 25.0 Å². The molecule has 4 nitrogen and oxygen atoms in total. The molecule has 20 heavy (non-hydrogen) atoms. The fraction of sp³-hybridized carbons (Fsp3) is 0.562. The second kappa shape index (κ2) is 8.59. The number of urea groups is 1. The highest BCUT2D eigenvalue weighted by Gasteiger charge is 2.14. The molecular weight excluding hydrogens is 250 g/mol. The van der Waals surface area contributed by atoms with Crippen LogP contribution in [0.2, 0.25) is 0 Å². The monoisotopic (exact) mass is 277 g/mol. The minimum atomic E-state index is -0.0369. The van der Waals surface area contributed by atoms with Gasteiger partial charge in [-0.3, -0.25) is 0 Å². The van der Waals surface area contributed by atoms with Crippen molar-refractivity contribution in [3.63, 3.8) is 0 Å². The average Bonchev–Trinajstić information content (AvgIpc) is 2.46. The highest BCUT2D eigenvalue weighted by molar-refractivity contribution is 5.90. The second-order valence-corrected chi connectivity index (χ2v) is 4.87. The summed E-state index contributed by atoms with van der Waals surface area (Å²) in [6, 6.07) is 8.17. The maximum absolute atomic E-state index is 12.2. The van der Waals surface area contributed by atoms with Gasteiger partial charge in [0.05, 0.1) is 0 Å². The third-order valence-corrected chi connectivity index (χ3v) is 3.42. The lowest BCUT2D eigenvalue weighted by Crippen LogP contribution is -2.35. The van der Waals surface area contributed by atoms with E-state index in [0.717, 1.165) is 24.2 Å². The van der Waals surface area contributed by atoms with Gasteiger partial charge in [-0.15, -0.1) is 0 Å². The van der Waals surface area contributed by atoms with E-state index in [9.17, 15) is 4.79 Å². The molecule has 0 saturated carbocycles. The van der Waals surface area contributed by atoms with Gasteiger partial charge in [0.2, 0.25) is 0 Å². The van der Waals surface area contributed by atoms with Crippen LogP contribution >= 0.6 is 0 Å². The van der Waals surface area contributed by atoms with Gasteiger partial charge in [0, 0.05) is 24.8 Å². The van der Waals surface area contributed by atoms with E-state index in [2.05, 4.69) is 30.5 Å². The molecule has 2 N–H and O–H groups in total. The summed E-state index contributed by atoms with van der Waals surface area (Å²) in [6.07, 6.45) is 1.10. The molecule has 0 aromatic heterocycles. The summed E-state index contributed by atoms with van der Waals surface area (Å²) in [5.74, 6) is 0. The van der Waals surface area contributed by atoms with Crippen LogP contribution in [0.4, 0.5) is 10.5 Å². The van der Waals surface area contributed by atoms with E-state index in [1.807, 2.05) is 32.0 Å². The number of carbonyl (C=O) groups is 1. The lowest BCUT2D eigenvalue weighted by Gasteiger charge is -2.22. The molecule has 2 amide bonds. The predicted octanol–water partition coefficient (Wildman–Crippen LogP) is 3.62. The van der Waals surface area contributed by atoms with E-state index in [-0.39, 0.29) is 12.1 Å². The molecule has 0 spiro atoms. The Balaban J connectivity index is 2.82. The first kappa shape index (κ1) is 16.5. The number of nitrogens with zero attached hydrogens (tertiary/aromatic N) is 1. The van der Waals surface area contributed by atoms with Crippen molar-refractivity contribution >= 4 is 11.7 Å². The van der Waals surface area contributed by atoms with Gasteiger partial charge in [0.15, 0.2) is 0 Å². The minimum absolute atomic E-state index is 0.0369. The number of para-hydroxylation sites is 1. The van der Waals surface area contributed by atoms with Crippen molar-refractivity contribution in [2.45, 2.75) is 40.2 Å². The Morgan fingerprint density at radius 2 is 1.85 bits per heavy atom. The molecule has 4 heteroatoms. The summed E-state index contributed by atoms with van der Waals surface area (Å²) in [5, 5.41) is 6.47. The van der Waals surface area contributed by atoms with Gasteiger partial charge in [0.1, 0.15) is 0 Å². The SMILES string of the molecule is CCCNC(C)c1ccccc1NC(=O)N(CC)CC. The molecule has 0 aliphatic carbocycles. The van der Waals surface area contributed by atoms with Crippen molar-refractivity contribution in [3.8, 4) is 0 Å². The largest absolute Gasteiger partial charge is 0.325 e. The molecule has 0 fully saturated rings. The van der Waals surface area contributed by atoms with Gasteiger partial charge in [-0.25, -0.2) is 4.79 Å². The van der Waals surface area contributed by atoms with E-state index in [4.69, 9.17) is 0 Å². The standard InChI is InChI=1S/C16H27N3O/c1-5-12-17-13(4)14-10-8-9-11-15(14)18-16(20)19(6-2)7-3/h8-11,13,17H,5-7,12H2,1-4H3,(H,18,20). The molecule has 0 aliphatic heterocycles. The zero-order valence-corrected chi connectivity index (χ0v) is 13.1. The topological polar surface area (TPSA) is 44.4 Å². The average molecular weight is 277 g/mol. The first-order valence-electron chi connectivity index (χ1n) is 7.52. The Bertz CT molecular complexity index is 416. The van der Waals surface area contributed by atoms with E-state index in [0.29, 0.717) is 13.1 Å². The van der Waals surface area contributed by atoms with Gasteiger partial charge in [-0.2, -0.15) is 0 Å². The molecule has 1 aromatic rings. The van der Waals surface area contributed by atoms with Crippen LogP contribution in [0, 0.1) is 0 Å². The maximum atomic E-state index is 12.2. The summed E-state index contributed by atoms with van der Waals surface area (Å²) >= 11 is 0. The lowest BCUT2D eigenvalue weighted by molar-refractivity contribution is 0.217. The molecular formula is C16H27N3O. The molecule has 0 saturated heterocycles.